The van der Waals surface area contributed by atoms with Crippen molar-refractivity contribution in [2.75, 3.05) is 0 Å². The molecule has 0 bridgehead atoms. The molecular weight excluding hydrogens is 327 g/mol. The topological polar surface area (TPSA) is 34.1 Å². The van der Waals surface area contributed by atoms with Crippen molar-refractivity contribution in [2.45, 2.75) is 31.6 Å². The van der Waals surface area contributed by atoms with Crippen LogP contribution in [-0.2, 0) is 20.2 Å². The standard InChI is InChI=1S/C22H21O2P/c1-16-14-17(2)22(20(23)25-24,19-12-8-5-9-13-19)21(3,15-16)18-10-6-4-7-11-18/h4-15H,1-3H3. The maximum atomic E-state index is 13.2. The summed E-state index contributed by atoms with van der Waals surface area (Å²) in [7, 11) is -0.471. The number of benzene rings is 2. The van der Waals surface area contributed by atoms with E-state index in [0.717, 1.165) is 22.3 Å². The molecule has 3 heteroatoms. The Morgan fingerprint density at radius 1 is 0.880 bits per heavy atom. The highest BCUT2D eigenvalue weighted by Crippen LogP contribution is 2.54. The van der Waals surface area contributed by atoms with Crippen LogP contribution in [0.1, 0.15) is 31.9 Å². The van der Waals surface area contributed by atoms with Gasteiger partial charge in [0.15, 0.2) is 0 Å². The fourth-order valence-corrected chi connectivity index (χ4v) is 5.02. The van der Waals surface area contributed by atoms with Gasteiger partial charge in [0, 0.05) is 5.41 Å². The third-order valence-corrected chi connectivity index (χ3v) is 5.82. The second-order valence-electron chi connectivity index (χ2n) is 6.80. The molecule has 0 saturated carbocycles. The number of carbonyl (C=O) groups is 1. The molecule has 0 aromatic heterocycles. The molecule has 2 aromatic carbocycles. The van der Waals surface area contributed by atoms with Gasteiger partial charge in [-0.1, -0.05) is 90.9 Å². The summed E-state index contributed by atoms with van der Waals surface area (Å²) in [5.41, 5.74) is 1.97. The molecule has 25 heavy (non-hydrogen) atoms. The van der Waals surface area contributed by atoms with Gasteiger partial charge in [-0.3, -0.25) is 9.36 Å². The Morgan fingerprint density at radius 3 is 1.92 bits per heavy atom. The zero-order valence-electron chi connectivity index (χ0n) is 14.7. The summed E-state index contributed by atoms with van der Waals surface area (Å²) in [5, 5.41) is 0. The zero-order chi connectivity index (χ0) is 18.1. The summed E-state index contributed by atoms with van der Waals surface area (Å²) in [5.74, 6) is 0. The molecule has 0 saturated heterocycles. The molecule has 0 heterocycles. The van der Waals surface area contributed by atoms with Gasteiger partial charge in [0.2, 0.25) is 14.0 Å². The van der Waals surface area contributed by atoms with Crippen molar-refractivity contribution < 1.29 is 9.36 Å². The number of hydrogen-bond acceptors (Lipinski definition) is 2. The molecule has 126 valence electrons. The highest BCUT2D eigenvalue weighted by Gasteiger charge is 2.57. The number of rotatable bonds is 4. The van der Waals surface area contributed by atoms with Gasteiger partial charge in [-0.05, 0) is 25.0 Å². The third kappa shape index (κ3) is 2.53. The maximum Gasteiger partial charge on any atom is 0.238 e. The number of carbonyl (C=O) groups excluding carboxylic acids is 1. The van der Waals surface area contributed by atoms with E-state index >= 15 is 0 Å². The van der Waals surface area contributed by atoms with Crippen LogP contribution in [0.2, 0.25) is 0 Å². The minimum absolute atomic E-state index is 0.317. The third-order valence-electron chi connectivity index (χ3n) is 5.32. The summed E-state index contributed by atoms with van der Waals surface area (Å²) < 4.78 is 11.8. The second kappa shape index (κ2) is 6.54. The largest absolute Gasteiger partial charge is 0.284 e. The molecule has 2 atom stereocenters. The van der Waals surface area contributed by atoms with Crippen LogP contribution in [-0.4, -0.2) is 5.52 Å². The molecule has 0 spiro atoms. The minimum Gasteiger partial charge on any atom is -0.284 e. The zero-order valence-corrected chi connectivity index (χ0v) is 15.6. The first kappa shape index (κ1) is 17.5. The van der Waals surface area contributed by atoms with Crippen molar-refractivity contribution in [1.82, 2.24) is 0 Å². The van der Waals surface area contributed by atoms with E-state index in [4.69, 9.17) is 0 Å². The lowest BCUT2D eigenvalue weighted by Gasteiger charge is -2.49. The molecule has 1 aliphatic carbocycles. The maximum absolute atomic E-state index is 13.2. The Kier molecular flexibility index (Phi) is 4.58. The normalized spacial score (nSPS) is 26.0. The fraction of sp³-hybridized carbons (Fsp3) is 0.227. The highest BCUT2D eigenvalue weighted by atomic mass is 31.1. The predicted octanol–water partition coefficient (Wildman–Crippen LogP) is 5.61. The van der Waals surface area contributed by atoms with E-state index in [-0.39, 0.29) is 5.52 Å². The molecule has 1 aliphatic rings. The van der Waals surface area contributed by atoms with E-state index < -0.39 is 19.3 Å². The van der Waals surface area contributed by atoms with Crippen LogP contribution in [0.3, 0.4) is 0 Å². The molecule has 2 unspecified atom stereocenters. The molecule has 2 nitrogen and oxygen atoms in total. The van der Waals surface area contributed by atoms with Gasteiger partial charge < -0.3 is 0 Å². The van der Waals surface area contributed by atoms with Crippen molar-refractivity contribution in [1.29, 1.82) is 0 Å². The average molecular weight is 348 g/mol. The van der Waals surface area contributed by atoms with Gasteiger partial charge in [-0.25, -0.2) is 0 Å². The van der Waals surface area contributed by atoms with Crippen LogP contribution >= 0.6 is 8.46 Å². The highest BCUT2D eigenvalue weighted by molar-refractivity contribution is 7.46. The van der Waals surface area contributed by atoms with E-state index in [1.165, 1.54) is 0 Å². The molecule has 2 aromatic rings. The SMILES string of the molecule is CC1=CC(C)(c2ccccc2)C(C(=O)P=O)(c2ccccc2)C(C)=C1. The van der Waals surface area contributed by atoms with Gasteiger partial charge >= 0.3 is 0 Å². The van der Waals surface area contributed by atoms with E-state index in [9.17, 15) is 9.36 Å². The van der Waals surface area contributed by atoms with E-state index in [1.807, 2.05) is 80.6 Å². The molecule has 3 rings (SSSR count). The number of hydrogen-bond donors (Lipinski definition) is 0. The Labute approximate surface area is 150 Å². The minimum atomic E-state index is -1.00. The van der Waals surface area contributed by atoms with Crippen molar-refractivity contribution in [2.24, 2.45) is 0 Å². The van der Waals surface area contributed by atoms with Crippen molar-refractivity contribution >= 4 is 14.0 Å². The van der Waals surface area contributed by atoms with Crippen LogP contribution < -0.4 is 0 Å². The molecule has 0 radical (unpaired) electrons. The quantitative estimate of drug-likeness (QED) is 0.673. The average Bonchev–Trinajstić information content (AvgIpc) is 2.62. The molecule has 0 N–H and O–H groups in total. The van der Waals surface area contributed by atoms with Crippen LogP contribution in [0, 0.1) is 0 Å². The lowest BCUT2D eigenvalue weighted by Crippen LogP contribution is -2.52. The monoisotopic (exact) mass is 348 g/mol. The Balaban J connectivity index is 2.43. The smallest absolute Gasteiger partial charge is 0.238 e. The van der Waals surface area contributed by atoms with Gasteiger partial charge in [0.1, 0.15) is 0 Å². The van der Waals surface area contributed by atoms with Gasteiger partial charge in [0.05, 0.1) is 5.41 Å². The number of allylic oxidation sites excluding steroid dienone is 4. The van der Waals surface area contributed by atoms with Crippen LogP contribution in [0.15, 0.2) is 84.0 Å². The van der Waals surface area contributed by atoms with E-state index in [0.29, 0.717) is 0 Å². The second-order valence-corrected chi connectivity index (χ2v) is 7.39. The van der Waals surface area contributed by atoms with Crippen molar-refractivity contribution in [3.8, 4) is 0 Å². The lowest BCUT2D eigenvalue weighted by molar-refractivity contribution is -0.116. The predicted molar refractivity (Wildman–Crippen MR) is 102 cm³/mol. The first-order chi connectivity index (χ1) is 12.0. The lowest BCUT2D eigenvalue weighted by atomic mass is 9.53. The van der Waals surface area contributed by atoms with Crippen LogP contribution in [0.25, 0.3) is 0 Å². The summed E-state index contributed by atoms with van der Waals surface area (Å²) in [6, 6.07) is 19.7. The van der Waals surface area contributed by atoms with Gasteiger partial charge in [0.25, 0.3) is 0 Å². The first-order valence-electron chi connectivity index (χ1n) is 8.34. The first-order valence-corrected chi connectivity index (χ1v) is 9.15. The Hall–Kier alpha value is -2.31. The van der Waals surface area contributed by atoms with Crippen molar-refractivity contribution in [3.63, 3.8) is 0 Å². The molecule has 0 amide bonds. The van der Waals surface area contributed by atoms with Crippen LogP contribution in [0.4, 0.5) is 0 Å². The summed E-state index contributed by atoms with van der Waals surface area (Å²) in [6.07, 6.45) is 4.16. The van der Waals surface area contributed by atoms with Crippen LogP contribution in [0.5, 0.6) is 0 Å². The van der Waals surface area contributed by atoms with Crippen molar-refractivity contribution in [3.05, 3.63) is 95.1 Å². The molecular formula is C22H21O2P. The summed E-state index contributed by atoms with van der Waals surface area (Å²) in [4.78, 5) is 13.2. The Morgan fingerprint density at radius 2 is 1.40 bits per heavy atom. The molecule has 0 fully saturated rings. The van der Waals surface area contributed by atoms with Gasteiger partial charge in [-0.15, -0.1) is 0 Å². The summed E-state index contributed by atoms with van der Waals surface area (Å²) >= 11 is 0. The van der Waals surface area contributed by atoms with E-state index in [2.05, 4.69) is 13.0 Å². The fourth-order valence-electron chi connectivity index (χ4n) is 4.35. The Bertz CT molecular complexity index is 867. The van der Waals surface area contributed by atoms with E-state index in [1.54, 1.807) is 0 Å². The summed E-state index contributed by atoms with van der Waals surface area (Å²) in [6.45, 7) is 6.07. The van der Waals surface area contributed by atoms with Gasteiger partial charge in [-0.2, -0.15) is 0 Å². The molecule has 0 aliphatic heterocycles.